The van der Waals surface area contributed by atoms with Gasteiger partial charge in [0.05, 0.1) is 10.5 Å². The number of nitrogens with zero attached hydrogens (tertiary/aromatic N) is 3. The number of nitro benzene ring substituents is 1. The molecule has 0 aliphatic carbocycles. The van der Waals surface area contributed by atoms with Gasteiger partial charge >= 0.3 is 0 Å². The summed E-state index contributed by atoms with van der Waals surface area (Å²) in [4.78, 5) is 38.4. The maximum Gasteiger partial charge on any atom is 0.276 e. The molecule has 9 nitrogen and oxygen atoms in total. The number of para-hydroxylation sites is 1. The maximum atomic E-state index is 13.3. The first-order chi connectivity index (χ1) is 15.3. The van der Waals surface area contributed by atoms with Crippen molar-refractivity contribution >= 4 is 28.9 Å². The number of rotatable bonds is 5. The van der Waals surface area contributed by atoms with Gasteiger partial charge in [-0.3, -0.25) is 25.1 Å². The van der Waals surface area contributed by atoms with Crippen LogP contribution in [0.15, 0.2) is 72.8 Å². The molecule has 0 bridgehead atoms. The number of fused-ring (bicyclic) bond motifs is 1. The van der Waals surface area contributed by atoms with E-state index in [2.05, 4.69) is 10.7 Å². The third-order valence-corrected chi connectivity index (χ3v) is 5.21. The number of benzene rings is 3. The van der Waals surface area contributed by atoms with E-state index in [4.69, 9.17) is 0 Å². The van der Waals surface area contributed by atoms with Crippen LogP contribution in [0.2, 0.25) is 0 Å². The Bertz CT molecular complexity index is 1180. The Labute approximate surface area is 184 Å². The van der Waals surface area contributed by atoms with Crippen molar-refractivity contribution in [2.75, 3.05) is 24.3 Å². The molecule has 0 unspecified atom stereocenters. The number of carbonyl (C=O) groups excluding carboxylic acids is 2. The SMILES string of the molecule is CN(C)c1ccc([C@@H]2Nc3ccccc3C(=O)N2NC(=O)c2ccc([N+](=O)[O-])cc2)cc1. The number of carbonyl (C=O) groups is 2. The maximum absolute atomic E-state index is 13.3. The van der Waals surface area contributed by atoms with Crippen molar-refractivity contribution in [1.82, 2.24) is 10.4 Å². The molecule has 0 saturated carbocycles. The smallest absolute Gasteiger partial charge is 0.276 e. The third kappa shape index (κ3) is 3.95. The van der Waals surface area contributed by atoms with Gasteiger partial charge in [-0.2, -0.15) is 0 Å². The van der Waals surface area contributed by atoms with Gasteiger partial charge in [0.2, 0.25) is 0 Å². The number of amides is 2. The molecular weight excluding hydrogens is 410 g/mol. The van der Waals surface area contributed by atoms with E-state index in [0.717, 1.165) is 11.3 Å². The van der Waals surface area contributed by atoms with Crippen LogP contribution in [-0.4, -0.2) is 35.8 Å². The van der Waals surface area contributed by atoms with Crippen LogP contribution in [0.4, 0.5) is 17.1 Å². The summed E-state index contributed by atoms with van der Waals surface area (Å²) in [6.07, 6.45) is -0.643. The highest BCUT2D eigenvalue weighted by Gasteiger charge is 2.34. The van der Waals surface area contributed by atoms with E-state index in [1.807, 2.05) is 55.4 Å². The second-order valence-electron chi connectivity index (χ2n) is 7.50. The number of hydrogen-bond acceptors (Lipinski definition) is 6. The molecule has 2 amide bonds. The van der Waals surface area contributed by atoms with Crippen LogP contribution >= 0.6 is 0 Å². The molecule has 162 valence electrons. The fraction of sp³-hybridized carbons (Fsp3) is 0.130. The molecule has 3 aromatic carbocycles. The van der Waals surface area contributed by atoms with Gasteiger partial charge in [0, 0.05) is 43.2 Å². The van der Waals surface area contributed by atoms with Crippen LogP contribution in [0.3, 0.4) is 0 Å². The quantitative estimate of drug-likeness (QED) is 0.472. The molecule has 1 atom stereocenters. The molecule has 1 heterocycles. The average Bonchev–Trinajstić information content (AvgIpc) is 2.80. The van der Waals surface area contributed by atoms with Gasteiger partial charge in [-0.25, -0.2) is 5.01 Å². The van der Waals surface area contributed by atoms with Gasteiger partial charge < -0.3 is 10.2 Å². The minimum atomic E-state index is -0.643. The largest absolute Gasteiger partial charge is 0.378 e. The molecule has 4 rings (SSSR count). The lowest BCUT2D eigenvalue weighted by Crippen LogP contribution is -2.52. The number of nitrogens with one attached hydrogen (secondary N) is 2. The van der Waals surface area contributed by atoms with Crippen LogP contribution < -0.4 is 15.6 Å². The van der Waals surface area contributed by atoms with Crippen molar-refractivity contribution in [3.63, 3.8) is 0 Å². The van der Waals surface area contributed by atoms with Gasteiger partial charge in [-0.1, -0.05) is 24.3 Å². The van der Waals surface area contributed by atoms with Crippen LogP contribution in [0, 0.1) is 10.1 Å². The first-order valence-electron chi connectivity index (χ1n) is 9.87. The molecule has 9 heteroatoms. The van der Waals surface area contributed by atoms with Crippen molar-refractivity contribution < 1.29 is 14.5 Å². The molecule has 0 fully saturated rings. The zero-order valence-corrected chi connectivity index (χ0v) is 17.5. The second kappa shape index (κ2) is 8.38. The lowest BCUT2D eigenvalue weighted by atomic mass is 10.0. The van der Waals surface area contributed by atoms with E-state index in [9.17, 15) is 19.7 Å². The first kappa shape index (κ1) is 20.9. The summed E-state index contributed by atoms with van der Waals surface area (Å²) in [6, 6.07) is 19.9. The van der Waals surface area contributed by atoms with Crippen LogP contribution in [0.25, 0.3) is 0 Å². The average molecular weight is 431 g/mol. The van der Waals surface area contributed by atoms with E-state index in [0.29, 0.717) is 11.3 Å². The molecule has 3 aromatic rings. The molecule has 1 aliphatic heterocycles. The van der Waals surface area contributed by atoms with E-state index in [1.165, 1.54) is 29.3 Å². The van der Waals surface area contributed by atoms with Crippen LogP contribution in [0.5, 0.6) is 0 Å². The van der Waals surface area contributed by atoms with Crippen molar-refractivity contribution in [2.24, 2.45) is 0 Å². The fourth-order valence-electron chi connectivity index (χ4n) is 3.47. The molecule has 1 aliphatic rings. The summed E-state index contributed by atoms with van der Waals surface area (Å²) >= 11 is 0. The topological polar surface area (TPSA) is 108 Å². The highest BCUT2D eigenvalue weighted by molar-refractivity contribution is 6.04. The summed E-state index contributed by atoms with van der Waals surface area (Å²) in [5, 5.41) is 15.4. The molecule has 0 spiro atoms. The highest BCUT2D eigenvalue weighted by atomic mass is 16.6. The Hall–Kier alpha value is -4.40. The van der Waals surface area contributed by atoms with Crippen molar-refractivity contribution in [2.45, 2.75) is 6.17 Å². The van der Waals surface area contributed by atoms with E-state index >= 15 is 0 Å². The molecule has 0 aromatic heterocycles. The number of anilines is 2. The minimum absolute atomic E-state index is 0.120. The predicted octanol–water partition coefficient (Wildman–Crippen LogP) is 3.57. The summed E-state index contributed by atoms with van der Waals surface area (Å²) in [7, 11) is 3.87. The highest BCUT2D eigenvalue weighted by Crippen LogP contribution is 2.32. The lowest BCUT2D eigenvalue weighted by Gasteiger charge is -2.37. The normalized spacial score (nSPS) is 14.9. The fourth-order valence-corrected chi connectivity index (χ4v) is 3.47. The van der Waals surface area contributed by atoms with Gasteiger partial charge in [-0.05, 0) is 42.0 Å². The van der Waals surface area contributed by atoms with Gasteiger partial charge in [0.1, 0.15) is 6.17 Å². The molecular formula is C23H21N5O4. The van der Waals surface area contributed by atoms with Crippen LogP contribution in [-0.2, 0) is 0 Å². The van der Waals surface area contributed by atoms with Gasteiger partial charge in [0.15, 0.2) is 0 Å². The third-order valence-electron chi connectivity index (χ3n) is 5.21. The monoisotopic (exact) mass is 431 g/mol. The number of hydrazine groups is 1. The van der Waals surface area contributed by atoms with E-state index in [1.54, 1.807) is 12.1 Å². The summed E-state index contributed by atoms with van der Waals surface area (Å²) in [5.74, 6) is -0.916. The Kier molecular flexibility index (Phi) is 5.46. The molecule has 32 heavy (non-hydrogen) atoms. The zero-order chi connectivity index (χ0) is 22.8. The second-order valence-corrected chi connectivity index (χ2v) is 7.50. The predicted molar refractivity (Wildman–Crippen MR) is 120 cm³/mol. The van der Waals surface area contributed by atoms with E-state index < -0.39 is 17.0 Å². The minimum Gasteiger partial charge on any atom is -0.378 e. The molecule has 0 radical (unpaired) electrons. The number of hydrogen-bond donors (Lipinski definition) is 2. The number of non-ortho nitro benzene ring substituents is 1. The summed E-state index contributed by atoms with van der Waals surface area (Å²) in [6.45, 7) is 0. The summed E-state index contributed by atoms with van der Waals surface area (Å²) in [5.41, 5.74) is 5.61. The van der Waals surface area contributed by atoms with Crippen molar-refractivity contribution in [3.05, 3.63) is 99.6 Å². The Morgan fingerprint density at radius 3 is 2.31 bits per heavy atom. The van der Waals surface area contributed by atoms with Crippen molar-refractivity contribution in [1.29, 1.82) is 0 Å². The first-order valence-corrected chi connectivity index (χ1v) is 9.87. The van der Waals surface area contributed by atoms with Crippen LogP contribution in [0.1, 0.15) is 32.4 Å². The van der Waals surface area contributed by atoms with E-state index in [-0.39, 0.29) is 17.2 Å². The Morgan fingerprint density at radius 1 is 1.03 bits per heavy atom. The summed E-state index contributed by atoms with van der Waals surface area (Å²) < 4.78 is 0. The lowest BCUT2D eigenvalue weighted by molar-refractivity contribution is -0.384. The van der Waals surface area contributed by atoms with Crippen molar-refractivity contribution in [3.8, 4) is 0 Å². The molecule has 0 saturated heterocycles. The Balaban J connectivity index is 1.66. The standard InChI is InChI=1S/C23H21N5O4/c1-26(2)17-11-7-15(8-12-17)21-24-20-6-4-3-5-19(20)23(30)27(21)25-22(29)16-9-13-18(14-10-16)28(31)32/h3-14,21,24H,1-2H3,(H,25,29)/t21-/m1/s1. The molecule has 2 N–H and O–H groups in total. The Morgan fingerprint density at radius 2 is 1.69 bits per heavy atom. The van der Waals surface area contributed by atoms with Gasteiger partial charge in [-0.15, -0.1) is 0 Å². The number of nitro groups is 1. The van der Waals surface area contributed by atoms with Gasteiger partial charge in [0.25, 0.3) is 17.5 Å². The zero-order valence-electron chi connectivity index (χ0n) is 17.5.